The molecule has 1 aromatic carbocycles. The SMILES string of the molecule is COc1ccc(Br)cc1C(O)CC(F)(F)F. The van der Waals surface area contributed by atoms with Gasteiger partial charge in [-0.05, 0) is 18.2 Å². The lowest BCUT2D eigenvalue weighted by atomic mass is 10.1. The first-order valence-electron chi connectivity index (χ1n) is 4.42. The Morgan fingerprint density at radius 2 is 2.06 bits per heavy atom. The minimum atomic E-state index is -4.41. The van der Waals surface area contributed by atoms with Crippen LogP contribution in [-0.2, 0) is 0 Å². The summed E-state index contributed by atoms with van der Waals surface area (Å²) in [5, 5.41) is 9.47. The largest absolute Gasteiger partial charge is 0.496 e. The van der Waals surface area contributed by atoms with Crippen LogP contribution in [0.5, 0.6) is 5.75 Å². The van der Waals surface area contributed by atoms with Gasteiger partial charge in [-0.1, -0.05) is 15.9 Å². The Balaban J connectivity index is 2.97. The molecule has 0 spiro atoms. The Morgan fingerprint density at radius 1 is 1.44 bits per heavy atom. The molecule has 0 bridgehead atoms. The van der Waals surface area contributed by atoms with Gasteiger partial charge in [-0.15, -0.1) is 0 Å². The summed E-state index contributed by atoms with van der Waals surface area (Å²) in [6.07, 6.45) is -7.32. The maximum atomic E-state index is 12.1. The number of ether oxygens (including phenoxy) is 1. The normalized spacial score (nSPS) is 13.6. The third kappa shape index (κ3) is 3.68. The van der Waals surface area contributed by atoms with Gasteiger partial charge in [-0.3, -0.25) is 0 Å². The van der Waals surface area contributed by atoms with Crippen molar-refractivity contribution in [1.82, 2.24) is 0 Å². The van der Waals surface area contributed by atoms with Crippen molar-refractivity contribution >= 4 is 15.9 Å². The summed E-state index contributed by atoms with van der Waals surface area (Å²) in [5.74, 6) is 0.236. The molecule has 0 aliphatic rings. The molecule has 0 aromatic heterocycles. The van der Waals surface area contributed by atoms with E-state index in [1.165, 1.54) is 19.2 Å². The smallest absolute Gasteiger partial charge is 0.391 e. The zero-order valence-corrected chi connectivity index (χ0v) is 9.97. The van der Waals surface area contributed by atoms with Gasteiger partial charge < -0.3 is 9.84 Å². The van der Waals surface area contributed by atoms with Gasteiger partial charge in [0.1, 0.15) is 5.75 Å². The summed E-state index contributed by atoms with van der Waals surface area (Å²) >= 11 is 3.13. The Labute approximate surface area is 99.2 Å². The lowest BCUT2D eigenvalue weighted by Gasteiger charge is -2.16. The van der Waals surface area contributed by atoms with E-state index >= 15 is 0 Å². The maximum Gasteiger partial charge on any atom is 0.391 e. The highest BCUT2D eigenvalue weighted by molar-refractivity contribution is 9.10. The van der Waals surface area contributed by atoms with Gasteiger partial charge in [0.25, 0.3) is 0 Å². The van der Waals surface area contributed by atoms with Crippen LogP contribution in [0, 0.1) is 0 Å². The molecule has 0 heterocycles. The molecule has 1 rings (SSSR count). The second-order valence-corrected chi connectivity index (χ2v) is 4.14. The molecular formula is C10H10BrF3O2. The van der Waals surface area contributed by atoms with E-state index in [1.54, 1.807) is 6.07 Å². The van der Waals surface area contributed by atoms with Crippen LogP contribution in [0.2, 0.25) is 0 Å². The Morgan fingerprint density at radius 3 is 2.56 bits per heavy atom. The predicted octanol–water partition coefficient (Wildman–Crippen LogP) is 3.44. The number of halogens is 4. The van der Waals surface area contributed by atoms with Crippen molar-refractivity contribution in [2.45, 2.75) is 18.7 Å². The van der Waals surface area contributed by atoms with E-state index < -0.39 is 18.7 Å². The molecule has 90 valence electrons. The highest BCUT2D eigenvalue weighted by Gasteiger charge is 2.32. The van der Waals surface area contributed by atoms with Gasteiger partial charge in [0.15, 0.2) is 0 Å². The topological polar surface area (TPSA) is 29.5 Å². The fraction of sp³-hybridized carbons (Fsp3) is 0.400. The molecule has 1 unspecified atom stereocenters. The molecular weight excluding hydrogens is 289 g/mol. The zero-order valence-electron chi connectivity index (χ0n) is 8.38. The van der Waals surface area contributed by atoms with E-state index in [0.29, 0.717) is 4.47 Å². The zero-order chi connectivity index (χ0) is 12.3. The third-order valence-electron chi connectivity index (χ3n) is 1.98. The minimum absolute atomic E-state index is 0.120. The highest BCUT2D eigenvalue weighted by atomic mass is 79.9. The Bertz CT molecular complexity index is 366. The molecule has 0 saturated carbocycles. The number of hydrogen-bond acceptors (Lipinski definition) is 2. The number of rotatable bonds is 3. The van der Waals surface area contributed by atoms with Crippen molar-refractivity contribution < 1.29 is 23.0 Å². The average Bonchev–Trinajstić information content (AvgIpc) is 2.15. The van der Waals surface area contributed by atoms with Crippen LogP contribution < -0.4 is 4.74 Å². The van der Waals surface area contributed by atoms with Crippen LogP contribution in [-0.4, -0.2) is 18.4 Å². The first-order valence-corrected chi connectivity index (χ1v) is 5.21. The van der Waals surface area contributed by atoms with Crippen molar-refractivity contribution in [2.75, 3.05) is 7.11 Å². The number of hydrogen-bond donors (Lipinski definition) is 1. The van der Waals surface area contributed by atoms with E-state index in [9.17, 15) is 18.3 Å². The molecule has 0 fully saturated rings. The summed E-state index contributed by atoms with van der Waals surface area (Å²) in [6.45, 7) is 0. The van der Waals surface area contributed by atoms with E-state index in [4.69, 9.17) is 4.74 Å². The average molecular weight is 299 g/mol. The van der Waals surface area contributed by atoms with Crippen molar-refractivity contribution in [2.24, 2.45) is 0 Å². The van der Waals surface area contributed by atoms with Crippen LogP contribution in [0.1, 0.15) is 18.1 Å². The van der Waals surface area contributed by atoms with Crippen molar-refractivity contribution in [3.8, 4) is 5.75 Å². The van der Waals surface area contributed by atoms with E-state index in [1.807, 2.05) is 0 Å². The Hall–Kier alpha value is -0.750. The summed E-state index contributed by atoms with van der Waals surface area (Å²) in [5.41, 5.74) is 0.120. The number of methoxy groups -OCH3 is 1. The molecule has 1 aromatic rings. The monoisotopic (exact) mass is 298 g/mol. The number of benzene rings is 1. The number of aliphatic hydroxyl groups excluding tert-OH is 1. The fourth-order valence-electron chi connectivity index (χ4n) is 1.29. The van der Waals surface area contributed by atoms with Crippen LogP contribution >= 0.6 is 15.9 Å². The third-order valence-corrected chi connectivity index (χ3v) is 2.47. The minimum Gasteiger partial charge on any atom is -0.496 e. The molecule has 2 nitrogen and oxygen atoms in total. The van der Waals surface area contributed by atoms with Crippen molar-refractivity contribution in [3.63, 3.8) is 0 Å². The summed E-state index contributed by atoms with van der Waals surface area (Å²) < 4.78 is 41.8. The van der Waals surface area contributed by atoms with Gasteiger partial charge in [-0.2, -0.15) is 13.2 Å². The second-order valence-electron chi connectivity index (χ2n) is 3.22. The quantitative estimate of drug-likeness (QED) is 0.926. The van der Waals surface area contributed by atoms with Crippen LogP contribution in [0.25, 0.3) is 0 Å². The standard InChI is InChI=1S/C10H10BrF3O2/c1-16-9-3-2-6(11)4-7(9)8(15)5-10(12,13)14/h2-4,8,15H,5H2,1H3. The van der Waals surface area contributed by atoms with Crippen LogP contribution in [0.4, 0.5) is 13.2 Å². The summed E-state index contributed by atoms with van der Waals surface area (Å²) in [6, 6.07) is 4.54. The van der Waals surface area contributed by atoms with Gasteiger partial charge in [0.2, 0.25) is 0 Å². The van der Waals surface area contributed by atoms with Crippen molar-refractivity contribution in [1.29, 1.82) is 0 Å². The molecule has 1 N–H and O–H groups in total. The second kappa shape index (κ2) is 5.05. The van der Waals surface area contributed by atoms with E-state index in [2.05, 4.69) is 15.9 Å². The van der Waals surface area contributed by atoms with Gasteiger partial charge in [0.05, 0.1) is 19.6 Å². The van der Waals surface area contributed by atoms with Gasteiger partial charge >= 0.3 is 6.18 Å². The lowest BCUT2D eigenvalue weighted by Crippen LogP contribution is -2.14. The van der Waals surface area contributed by atoms with Crippen LogP contribution in [0.3, 0.4) is 0 Å². The molecule has 6 heteroatoms. The first-order chi connectivity index (χ1) is 7.33. The first kappa shape index (κ1) is 13.3. The predicted molar refractivity (Wildman–Crippen MR) is 56.3 cm³/mol. The van der Waals surface area contributed by atoms with E-state index in [-0.39, 0.29) is 11.3 Å². The maximum absolute atomic E-state index is 12.1. The fourth-order valence-corrected chi connectivity index (χ4v) is 1.67. The molecule has 0 radical (unpaired) electrons. The molecule has 16 heavy (non-hydrogen) atoms. The molecule has 0 saturated heterocycles. The number of alkyl halides is 3. The molecule has 0 aliphatic carbocycles. The molecule has 1 atom stereocenters. The lowest BCUT2D eigenvalue weighted by molar-refractivity contribution is -0.154. The van der Waals surface area contributed by atoms with Gasteiger partial charge in [-0.25, -0.2) is 0 Å². The van der Waals surface area contributed by atoms with Gasteiger partial charge in [0, 0.05) is 10.0 Å². The highest BCUT2D eigenvalue weighted by Crippen LogP contribution is 2.35. The summed E-state index contributed by atoms with van der Waals surface area (Å²) in [7, 11) is 1.34. The Kier molecular flexibility index (Phi) is 4.21. The van der Waals surface area contributed by atoms with Crippen molar-refractivity contribution in [3.05, 3.63) is 28.2 Å². The molecule has 0 amide bonds. The molecule has 0 aliphatic heterocycles. The van der Waals surface area contributed by atoms with Crippen LogP contribution in [0.15, 0.2) is 22.7 Å². The summed E-state index contributed by atoms with van der Waals surface area (Å²) in [4.78, 5) is 0. The number of aliphatic hydroxyl groups is 1. The van der Waals surface area contributed by atoms with E-state index in [0.717, 1.165) is 0 Å².